The molecule has 0 aliphatic carbocycles. The first kappa shape index (κ1) is 6.51. The minimum absolute atomic E-state index is 0.0517. The van der Waals surface area contributed by atoms with E-state index in [1.807, 2.05) is 33.7 Å². The number of rotatable bonds is 1. The second kappa shape index (κ2) is 2.44. The molecular weight excluding hydrogens is 160 g/mol. The van der Waals surface area contributed by atoms with Gasteiger partial charge in [-0.3, -0.25) is 10.9 Å². The molecule has 0 aromatic carbocycles. The SMILES string of the molecule is Nc1cc[s+](N2NC=CN2)c1. The zero-order valence-corrected chi connectivity index (χ0v) is 6.64. The third-order valence-corrected chi connectivity index (χ3v) is 2.90. The van der Waals surface area contributed by atoms with Crippen molar-refractivity contribution in [3.05, 3.63) is 29.2 Å². The lowest BCUT2D eigenvalue weighted by atomic mass is 10.6. The number of hydrogen-bond acceptors (Lipinski definition) is 4. The molecule has 1 aromatic rings. The summed E-state index contributed by atoms with van der Waals surface area (Å²) in [5.41, 5.74) is 12.4. The van der Waals surface area contributed by atoms with Crippen LogP contribution in [0, 0.1) is 0 Å². The van der Waals surface area contributed by atoms with Crippen LogP contribution in [-0.4, -0.2) is 0 Å². The van der Waals surface area contributed by atoms with E-state index < -0.39 is 0 Å². The van der Waals surface area contributed by atoms with Gasteiger partial charge < -0.3 is 5.73 Å². The Morgan fingerprint density at radius 2 is 2.09 bits per heavy atom. The van der Waals surface area contributed by atoms with Crippen LogP contribution in [0.4, 0.5) is 5.69 Å². The molecule has 1 aliphatic heterocycles. The fraction of sp³-hybridized carbons (Fsp3) is 0. The molecule has 0 radical (unpaired) electrons. The number of hydrogen-bond donors (Lipinski definition) is 3. The summed E-state index contributed by atoms with van der Waals surface area (Å²) in [6.07, 6.45) is 3.67. The topological polar surface area (TPSA) is 53.3 Å². The van der Waals surface area contributed by atoms with Crippen molar-refractivity contribution in [2.45, 2.75) is 0 Å². The van der Waals surface area contributed by atoms with Crippen molar-refractivity contribution in [2.75, 3.05) is 10.3 Å². The fourth-order valence-electron chi connectivity index (χ4n) is 0.849. The molecule has 0 saturated carbocycles. The Labute approximate surface area is 67.3 Å². The average molecular weight is 169 g/mol. The Morgan fingerprint density at radius 3 is 2.64 bits per heavy atom. The number of nitrogens with zero attached hydrogens (tertiary/aromatic N) is 1. The number of nitrogens with two attached hydrogens (primary N) is 1. The van der Waals surface area contributed by atoms with Crippen LogP contribution in [0.15, 0.2) is 29.2 Å². The van der Waals surface area contributed by atoms with E-state index in [2.05, 4.69) is 10.9 Å². The van der Waals surface area contributed by atoms with Crippen LogP contribution < -0.4 is 21.1 Å². The normalized spacial score (nSPS) is 18.0. The summed E-state index contributed by atoms with van der Waals surface area (Å²) in [6, 6.07) is 1.91. The van der Waals surface area contributed by atoms with Crippen LogP contribution in [-0.2, 0) is 0 Å². The second-order valence-corrected chi connectivity index (χ2v) is 3.72. The van der Waals surface area contributed by atoms with Gasteiger partial charge in [-0.1, -0.05) is 0 Å². The molecule has 5 heteroatoms. The van der Waals surface area contributed by atoms with Crippen LogP contribution >= 0.6 is 10.7 Å². The molecule has 1 aromatic heterocycles. The highest BCUT2D eigenvalue weighted by Crippen LogP contribution is 2.22. The summed E-state index contributed by atoms with van der Waals surface area (Å²) in [5.74, 6) is 0. The van der Waals surface area contributed by atoms with Gasteiger partial charge in [0.1, 0.15) is 10.7 Å². The van der Waals surface area contributed by atoms with Crippen molar-refractivity contribution in [3.63, 3.8) is 0 Å². The van der Waals surface area contributed by atoms with Gasteiger partial charge in [-0.25, -0.2) is 0 Å². The Kier molecular flexibility index (Phi) is 1.45. The van der Waals surface area contributed by atoms with E-state index in [0.717, 1.165) is 5.69 Å². The van der Waals surface area contributed by atoms with Gasteiger partial charge in [0.25, 0.3) is 0 Å². The summed E-state index contributed by atoms with van der Waals surface area (Å²) in [7, 11) is -0.0517. The maximum Gasteiger partial charge on any atom is 0.186 e. The Morgan fingerprint density at radius 1 is 1.36 bits per heavy atom. The van der Waals surface area contributed by atoms with Gasteiger partial charge in [0.2, 0.25) is 0 Å². The highest BCUT2D eigenvalue weighted by molar-refractivity contribution is 7.30. The molecule has 2 heterocycles. The van der Waals surface area contributed by atoms with Crippen LogP contribution in [0.25, 0.3) is 0 Å². The zero-order valence-electron chi connectivity index (χ0n) is 5.82. The molecule has 0 amide bonds. The van der Waals surface area contributed by atoms with Crippen LogP contribution in [0.5, 0.6) is 0 Å². The Bertz CT molecular complexity index is 272. The van der Waals surface area contributed by atoms with Crippen molar-refractivity contribution in [1.29, 1.82) is 0 Å². The first-order valence-corrected chi connectivity index (χ1v) is 4.52. The van der Waals surface area contributed by atoms with Gasteiger partial charge in [-0.2, -0.15) is 0 Å². The van der Waals surface area contributed by atoms with Gasteiger partial charge in [-0.15, -0.1) is 0 Å². The van der Waals surface area contributed by atoms with Crippen LogP contribution in [0.3, 0.4) is 0 Å². The van der Waals surface area contributed by atoms with E-state index in [4.69, 9.17) is 5.73 Å². The third kappa shape index (κ3) is 1.15. The lowest BCUT2D eigenvalue weighted by Gasteiger charge is -2.03. The number of nitrogens with one attached hydrogen (secondary N) is 2. The third-order valence-electron chi connectivity index (χ3n) is 1.33. The zero-order chi connectivity index (χ0) is 7.68. The molecule has 0 spiro atoms. The summed E-state index contributed by atoms with van der Waals surface area (Å²) >= 11 is 0. The molecule has 58 valence electrons. The minimum Gasteiger partial charge on any atom is -0.395 e. The number of nitrogen functional groups attached to an aromatic ring is 1. The lowest BCUT2D eigenvalue weighted by molar-refractivity contribution is 0.794. The van der Waals surface area contributed by atoms with Gasteiger partial charge in [-0.05, 0) is 0 Å². The van der Waals surface area contributed by atoms with E-state index in [1.54, 1.807) is 0 Å². The lowest BCUT2D eigenvalue weighted by Crippen LogP contribution is -2.36. The molecule has 0 saturated heterocycles. The first-order chi connectivity index (χ1) is 5.36. The van der Waals surface area contributed by atoms with Gasteiger partial charge in [0, 0.05) is 18.5 Å². The van der Waals surface area contributed by atoms with E-state index >= 15 is 0 Å². The van der Waals surface area contributed by atoms with Crippen LogP contribution in [0.2, 0.25) is 0 Å². The molecular formula is C6H9N4S+. The number of thiophene rings is 1. The predicted molar refractivity (Wildman–Crippen MR) is 47.0 cm³/mol. The summed E-state index contributed by atoms with van der Waals surface area (Å²) < 4.78 is 1.89. The number of anilines is 1. The Balaban J connectivity index is 2.17. The smallest absolute Gasteiger partial charge is 0.186 e. The molecule has 0 fully saturated rings. The maximum atomic E-state index is 5.57. The van der Waals surface area contributed by atoms with E-state index in [9.17, 15) is 0 Å². The van der Waals surface area contributed by atoms with E-state index in [1.165, 1.54) is 0 Å². The van der Waals surface area contributed by atoms with Crippen molar-refractivity contribution >= 4 is 16.3 Å². The fourth-order valence-corrected chi connectivity index (χ4v) is 2.17. The molecule has 1 unspecified atom stereocenters. The molecule has 1 aliphatic rings. The van der Waals surface area contributed by atoms with Crippen LogP contribution in [0.1, 0.15) is 0 Å². The standard InChI is InChI=1S/C6H9N4S/c7-6-1-4-11(5-6)10-8-2-3-9-10/h1-5,8-9H,7H2/q+1. The van der Waals surface area contributed by atoms with Gasteiger partial charge >= 0.3 is 0 Å². The molecule has 4 nitrogen and oxygen atoms in total. The second-order valence-electron chi connectivity index (χ2n) is 2.15. The van der Waals surface area contributed by atoms with Gasteiger partial charge in [0.05, 0.1) is 10.2 Å². The van der Waals surface area contributed by atoms with E-state index in [0.29, 0.717) is 0 Å². The van der Waals surface area contributed by atoms with Crippen molar-refractivity contribution in [3.8, 4) is 0 Å². The first-order valence-electron chi connectivity index (χ1n) is 3.21. The largest absolute Gasteiger partial charge is 0.395 e. The van der Waals surface area contributed by atoms with E-state index in [-0.39, 0.29) is 10.7 Å². The quantitative estimate of drug-likeness (QED) is 0.534. The summed E-state index contributed by atoms with van der Waals surface area (Å²) in [6.45, 7) is 0. The monoisotopic (exact) mass is 169 g/mol. The highest BCUT2D eigenvalue weighted by atomic mass is 32.2. The molecule has 4 N–H and O–H groups in total. The molecule has 0 bridgehead atoms. The van der Waals surface area contributed by atoms with Crippen molar-refractivity contribution in [2.24, 2.45) is 0 Å². The molecule has 2 rings (SSSR count). The number of hydrazine groups is 2. The molecule has 11 heavy (non-hydrogen) atoms. The highest BCUT2D eigenvalue weighted by Gasteiger charge is 2.17. The summed E-state index contributed by atoms with van der Waals surface area (Å²) in [4.78, 5) is 0. The Hall–Kier alpha value is -1.20. The van der Waals surface area contributed by atoms with Crippen molar-refractivity contribution < 1.29 is 0 Å². The van der Waals surface area contributed by atoms with Crippen molar-refractivity contribution in [1.82, 2.24) is 10.9 Å². The van der Waals surface area contributed by atoms with Gasteiger partial charge in [0.15, 0.2) is 10.8 Å². The predicted octanol–water partition coefficient (Wildman–Crippen LogP) is 0.450. The minimum atomic E-state index is -0.0517. The summed E-state index contributed by atoms with van der Waals surface area (Å²) in [5, 5.41) is 4.04. The average Bonchev–Trinajstić information content (AvgIpc) is 2.55. The maximum absolute atomic E-state index is 5.57. The molecule has 1 atom stereocenters.